The third-order valence-corrected chi connectivity index (χ3v) is 4.28. The first-order valence-electron chi connectivity index (χ1n) is 7.73. The first kappa shape index (κ1) is 16.0. The number of rotatable bonds is 6. The van der Waals surface area contributed by atoms with E-state index >= 15 is 0 Å². The van der Waals surface area contributed by atoms with Gasteiger partial charge in [-0.15, -0.1) is 0 Å². The van der Waals surface area contributed by atoms with Crippen molar-refractivity contribution in [2.24, 2.45) is 11.8 Å². The van der Waals surface area contributed by atoms with Crippen LogP contribution in [0.2, 0.25) is 0 Å². The molecule has 0 aliphatic carbocycles. The molecule has 21 heavy (non-hydrogen) atoms. The Labute approximate surface area is 126 Å². The smallest absolute Gasteiger partial charge is 0.223 e. The SMILES string of the molecule is C[C@@H](C(=O)N[C@H](CO)Cc1ccccc1)C1CCOCC1. The number of hydrogen-bond acceptors (Lipinski definition) is 3. The van der Waals surface area contributed by atoms with Crippen LogP contribution in [0, 0.1) is 11.8 Å². The fourth-order valence-corrected chi connectivity index (χ4v) is 2.82. The summed E-state index contributed by atoms with van der Waals surface area (Å²) in [6, 6.07) is 9.70. The highest BCUT2D eigenvalue weighted by Gasteiger charge is 2.27. The van der Waals surface area contributed by atoms with Crippen LogP contribution in [0.1, 0.15) is 25.3 Å². The number of aliphatic hydroxyl groups excluding tert-OH is 1. The Kier molecular flexibility index (Phi) is 6.21. The van der Waals surface area contributed by atoms with E-state index in [1.54, 1.807) is 0 Å². The highest BCUT2D eigenvalue weighted by molar-refractivity contribution is 5.79. The first-order valence-corrected chi connectivity index (χ1v) is 7.73. The Bertz CT molecular complexity index is 429. The molecule has 0 spiro atoms. The zero-order chi connectivity index (χ0) is 15.1. The van der Waals surface area contributed by atoms with Crippen LogP contribution in [0.25, 0.3) is 0 Å². The van der Waals surface area contributed by atoms with Gasteiger partial charge in [-0.25, -0.2) is 0 Å². The second-order valence-electron chi connectivity index (χ2n) is 5.82. The van der Waals surface area contributed by atoms with Crippen molar-refractivity contribution < 1.29 is 14.6 Å². The molecule has 1 fully saturated rings. The summed E-state index contributed by atoms with van der Waals surface area (Å²) >= 11 is 0. The van der Waals surface area contributed by atoms with Gasteiger partial charge in [0.25, 0.3) is 0 Å². The Morgan fingerprint density at radius 3 is 2.62 bits per heavy atom. The van der Waals surface area contributed by atoms with Crippen LogP contribution in [0.15, 0.2) is 30.3 Å². The predicted molar refractivity (Wildman–Crippen MR) is 81.9 cm³/mol. The highest BCUT2D eigenvalue weighted by atomic mass is 16.5. The summed E-state index contributed by atoms with van der Waals surface area (Å²) in [5, 5.41) is 12.5. The maximum absolute atomic E-state index is 12.3. The van der Waals surface area contributed by atoms with Crippen LogP contribution in [0.5, 0.6) is 0 Å². The second kappa shape index (κ2) is 8.15. The summed E-state index contributed by atoms with van der Waals surface area (Å²) in [7, 11) is 0. The molecular formula is C17H25NO3. The van der Waals surface area contributed by atoms with Crippen LogP contribution in [-0.2, 0) is 16.0 Å². The molecule has 0 radical (unpaired) electrons. The minimum absolute atomic E-state index is 0.0290. The molecule has 0 bridgehead atoms. The number of carbonyl (C=O) groups is 1. The average Bonchev–Trinajstić information content (AvgIpc) is 2.55. The molecule has 2 N–H and O–H groups in total. The monoisotopic (exact) mass is 291 g/mol. The lowest BCUT2D eigenvalue weighted by Gasteiger charge is -2.28. The molecule has 4 heteroatoms. The number of benzene rings is 1. The quantitative estimate of drug-likeness (QED) is 0.840. The van der Waals surface area contributed by atoms with Crippen LogP contribution >= 0.6 is 0 Å². The van der Waals surface area contributed by atoms with Gasteiger partial charge >= 0.3 is 0 Å². The van der Waals surface area contributed by atoms with Gasteiger partial charge in [-0.1, -0.05) is 37.3 Å². The fraction of sp³-hybridized carbons (Fsp3) is 0.588. The maximum atomic E-state index is 12.3. The summed E-state index contributed by atoms with van der Waals surface area (Å²) in [5.74, 6) is 0.394. The molecule has 0 saturated carbocycles. The molecule has 1 aromatic rings. The third-order valence-electron chi connectivity index (χ3n) is 4.28. The molecule has 0 aromatic heterocycles. The Morgan fingerprint density at radius 2 is 2.00 bits per heavy atom. The van der Waals surface area contributed by atoms with Gasteiger partial charge in [-0.05, 0) is 30.7 Å². The molecule has 2 rings (SSSR count). The van der Waals surface area contributed by atoms with Crippen molar-refractivity contribution in [3.63, 3.8) is 0 Å². The Balaban J connectivity index is 1.86. The van der Waals surface area contributed by atoms with Gasteiger partial charge in [-0.2, -0.15) is 0 Å². The number of amides is 1. The number of aliphatic hydroxyl groups is 1. The molecule has 4 nitrogen and oxygen atoms in total. The molecule has 1 amide bonds. The summed E-state index contributed by atoms with van der Waals surface area (Å²) < 4.78 is 5.34. The summed E-state index contributed by atoms with van der Waals surface area (Å²) in [5.41, 5.74) is 1.12. The van der Waals surface area contributed by atoms with E-state index in [0.29, 0.717) is 12.3 Å². The summed E-state index contributed by atoms with van der Waals surface area (Å²) in [6.45, 7) is 3.43. The predicted octanol–water partition coefficient (Wildman–Crippen LogP) is 1.77. The molecule has 2 atom stereocenters. The summed E-state index contributed by atoms with van der Waals surface area (Å²) in [6.07, 6.45) is 2.54. The van der Waals surface area contributed by atoms with E-state index in [1.165, 1.54) is 0 Å². The van der Waals surface area contributed by atoms with Gasteiger partial charge in [0.15, 0.2) is 0 Å². The number of carbonyl (C=O) groups excluding carboxylic acids is 1. The van der Waals surface area contributed by atoms with Crippen molar-refractivity contribution in [2.75, 3.05) is 19.8 Å². The minimum atomic E-state index is -0.220. The molecule has 1 heterocycles. The van der Waals surface area contributed by atoms with E-state index in [0.717, 1.165) is 31.6 Å². The zero-order valence-electron chi connectivity index (χ0n) is 12.6. The van der Waals surface area contributed by atoms with Crippen LogP contribution in [-0.4, -0.2) is 36.9 Å². The van der Waals surface area contributed by atoms with Gasteiger partial charge in [0.05, 0.1) is 12.6 Å². The lowest BCUT2D eigenvalue weighted by atomic mass is 9.86. The topological polar surface area (TPSA) is 58.6 Å². The van der Waals surface area contributed by atoms with Crippen LogP contribution < -0.4 is 5.32 Å². The molecule has 1 saturated heterocycles. The Morgan fingerprint density at radius 1 is 1.33 bits per heavy atom. The molecule has 1 aliphatic heterocycles. The number of nitrogens with one attached hydrogen (secondary N) is 1. The van der Waals surface area contributed by atoms with Crippen molar-refractivity contribution in [3.05, 3.63) is 35.9 Å². The van der Waals surface area contributed by atoms with E-state index in [9.17, 15) is 9.90 Å². The van der Waals surface area contributed by atoms with Crippen LogP contribution in [0.4, 0.5) is 0 Å². The standard InChI is InChI=1S/C17H25NO3/c1-13(15-7-9-21-10-8-15)17(20)18-16(12-19)11-14-5-3-2-4-6-14/h2-6,13,15-16,19H,7-12H2,1H3,(H,18,20)/t13-,16+/m1/s1. The molecule has 0 unspecified atom stereocenters. The van der Waals surface area contributed by atoms with Gasteiger partial charge in [-0.3, -0.25) is 4.79 Å². The van der Waals surface area contributed by atoms with Crippen LogP contribution in [0.3, 0.4) is 0 Å². The Hall–Kier alpha value is -1.39. The lowest BCUT2D eigenvalue weighted by Crippen LogP contribution is -2.44. The molecule has 1 aromatic carbocycles. The maximum Gasteiger partial charge on any atom is 0.223 e. The molecule has 1 aliphatic rings. The van der Waals surface area contributed by atoms with Gasteiger partial charge in [0.2, 0.25) is 5.91 Å². The van der Waals surface area contributed by atoms with Gasteiger partial charge in [0.1, 0.15) is 0 Å². The van der Waals surface area contributed by atoms with Crippen molar-refractivity contribution in [2.45, 2.75) is 32.2 Å². The zero-order valence-corrected chi connectivity index (χ0v) is 12.6. The first-order chi connectivity index (χ1) is 10.2. The van der Waals surface area contributed by atoms with E-state index in [1.807, 2.05) is 37.3 Å². The fourth-order valence-electron chi connectivity index (χ4n) is 2.82. The second-order valence-corrected chi connectivity index (χ2v) is 5.82. The molecular weight excluding hydrogens is 266 g/mol. The minimum Gasteiger partial charge on any atom is -0.394 e. The van der Waals surface area contributed by atoms with Crippen molar-refractivity contribution >= 4 is 5.91 Å². The average molecular weight is 291 g/mol. The number of hydrogen-bond donors (Lipinski definition) is 2. The van der Waals surface area contributed by atoms with Crippen molar-refractivity contribution in [3.8, 4) is 0 Å². The lowest BCUT2D eigenvalue weighted by molar-refractivity contribution is -0.128. The largest absolute Gasteiger partial charge is 0.394 e. The van der Waals surface area contributed by atoms with E-state index in [4.69, 9.17) is 4.74 Å². The van der Waals surface area contributed by atoms with E-state index < -0.39 is 0 Å². The van der Waals surface area contributed by atoms with Gasteiger partial charge in [0, 0.05) is 19.1 Å². The normalized spacial score (nSPS) is 19.0. The number of ether oxygens (including phenoxy) is 1. The third kappa shape index (κ3) is 4.83. The highest BCUT2D eigenvalue weighted by Crippen LogP contribution is 2.23. The van der Waals surface area contributed by atoms with Crippen molar-refractivity contribution in [1.29, 1.82) is 0 Å². The van der Waals surface area contributed by atoms with Gasteiger partial charge < -0.3 is 15.2 Å². The molecule has 116 valence electrons. The van der Waals surface area contributed by atoms with E-state index in [-0.39, 0.29) is 24.5 Å². The van der Waals surface area contributed by atoms with Crippen molar-refractivity contribution in [1.82, 2.24) is 5.32 Å². The summed E-state index contributed by atoms with van der Waals surface area (Å²) in [4.78, 5) is 12.3. The van der Waals surface area contributed by atoms with E-state index in [2.05, 4.69) is 5.32 Å².